The number of fused-ring (bicyclic) bond motifs is 1. The Labute approximate surface area is 99.6 Å². The molecule has 94 valence electrons. The van der Waals surface area contributed by atoms with Gasteiger partial charge in [-0.25, -0.2) is 9.48 Å². The van der Waals surface area contributed by atoms with E-state index in [1.165, 1.54) is 0 Å². The molecule has 0 bridgehead atoms. The third kappa shape index (κ3) is 2.14. The Morgan fingerprint density at radius 3 is 3.18 bits per heavy atom. The molecule has 0 aromatic carbocycles. The molecule has 3 heterocycles. The summed E-state index contributed by atoms with van der Waals surface area (Å²) >= 11 is 0. The summed E-state index contributed by atoms with van der Waals surface area (Å²) in [5.41, 5.74) is 0.0221. The summed E-state index contributed by atoms with van der Waals surface area (Å²) in [6.45, 7) is 3.79. The molecule has 0 amide bonds. The van der Waals surface area contributed by atoms with Crippen LogP contribution < -0.4 is 11.0 Å². The summed E-state index contributed by atoms with van der Waals surface area (Å²) in [5, 5.41) is 7.67. The number of aromatic nitrogens is 3. The Balaban J connectivity index is 1.78. The lowest BCUT2D eigenvalue weighted by molar-refractivity contribution is 0.0154. The van der Waals surface area contributed by atoms with Gasteiger partial charge in [-0.3, -0.25) is 4.57 Å². The van der Waals surface area contributed by atoms with Gasteiger partial charge >= 0.3 is 5.69 Å². The summed E-state index contributed by atoms with van der Waals surface area (Å²) in [6.07, 6.45) is 3.21. The third-order valence-corrected chi connectivity index (χ3v) is 3.41. The van der Waals surface area contributed by atoms with Crippen LogP contribution in [0.15, 0.2) is 4.79 Å². The zero-order chi connectivity index (χ0) is 11.7. The number of nitrogens with one attached hydrogen (secondary N) is 1. The third-order valence-electron chi connectivity index (χ3n) is 3.41. The molecule has 0 spiro atoms. The maximum atomic E-state index is 12.1. The molecule has 2 aliphatic rings. The molecule has 6 heteroatoms. The highest BCUT2D eigenvalue weighted by Gasteiger charge is 2.20. The Bertz CT molecular complexity index is 445. The Morgan fingerprint density at radius 2 is 2.41 bits per heavy atom. The van der Waals surface area contributed by atoms with Gasteiger partial charge in [0.2, 0.25) is 0 Å². The number of rotatable bonds is 2. The van der Waals surface area contributed by atoms with Crippen molar-refractivity contribution < 1.29 is 4.74 Å². The van der Waals surface area contributed by atoms with Crippen LogP contribution in [0.25, 0.3) is 0 Å². The second kappa shape index (κ2) is 4.62. The Hall–Kier alpha value is -1.14. The van der Waals surface area contributed by atoms with E-state index in [9.17, 15) is 4.79 Å². The second-order valence-electron chi connectivity index (χ2n) is 4.69. The minimum atomic E-state index is 0.0221. The molecule has 1 fully saturated rings. The van der Waals surface area contributed by atoms with Gasteiger partial charge in [-0.15, -0.1) is 0 Å². The van der Waals surface area contributed by atoms with Crippen molar-refractivity contribution in [1.82, 2.24) is 19.7 Å². The van der Waals surface area contributed by atoms with Gasteiger partial charge in [-0.2, -0.15) is 5.10 Å². The van der Waals surface area contributed by atoms with E-state index in [-0.39, 0.29) is 11.8 Å². The first-order chi connectivity index (χ1) is 8.34. The van der Waals surface area contributed by atoms with Crippen LogP contribution >= 0.6 is 0 Å². The van der Waals surface area contributed by atoms with Crippen LogP contribution in [-0.4, -0.2) is 40.1 Å². The molecular formula is C11H18N4O2. The van der Waals surface area contributed by atoms with Gasteiger partial charge in [0.1, 0.15) is 5.82 Å². The zero-order valence-electron chi connectivity index (χ0n) is 9.89. The molecule has 1 saturated heterocycles. The minimum absolute atomic E-state index is 0.0221. The maximum Gasteiger partial charge on any atom is 0.346 e. The molecule has 1 unspecified atom stereocenters. The molecule has 2 aliphatic heterocycles. The Morgan fingerprint density at radius 1 is 1.47 bits per heavy atom. The number of hydrogen-bond donors (Lipinski definition) is 1. The fraction of sp³-hybridized carbons (Fsp3) is 0.818. The largest absolute Gasteiger partial charge is 0.374 e. The van der Waals surface area contributed by atoms with Crippen LogP contribution in [0.3, 0.4) is 0 Å². The van der Waals surface area contributed by atoms with Crippen LogP contribution in [0.4, 0.5) is 0 Å². The monoisotopic (exact) mass is 238 g/mol. The lowest BCUT2D eigenvalue weighted by atomic mass is 10.2. The van der Waals surface area contributed by atoms with Crippen molar-refractivity contribution in [2.45, 2.75) is 38.5 Å². The van der Waals surface area contributed by atoms with Crippen LogP contribution in [0.5, 0.6) is 0 Å². The van der Waals surface area contributed by atoms with Crippen molar-refractivity contribution in [1.29, 1.82) is 0 Å². The van der Waals surface area contributed by atoms with Crippen molar-refractivity contribution in [3.05, 3.63) is 16.3 Å². The van der Waals surface area contributed by atoms with E-state index >= 15 is 0 Å². The predicted octanol–water partition coefficient (Wildman–Crippen LogP) is -0.630. The molecule has 1 N–H and O–H groups in total. The maximum absolute atomic E-state index is 12.1. The predicted molar refractivity (Wildman–Crippen MR) is 62.0 cm³/mol. The first-order valence-electron chi connectivity index (χ1n) is 6.33. The number of nitrogens with zero attached hydrogens (tertiary/aromatic N) is 3. The summed E-state index contributed by atoms with van der Waals surface area (Å²) in [4.78, 5) is 12.1. The molecule has 3 rings (SSSR count). The summed E-state index contributed by atoms with van der Waals surface area (Å²) in [5.74, 6) is 0.935. The van der Waals surface area contributed by atoms with Crippen molar-refractivity contribution in [3.63, 3.8) is 0 Å². The van der Waals surface area contributed by atoms with Crippen molar-refractivity contribution in [2.24, 2.45) is 0 Å². The standard InChI is InChI=1S/C11H18N4O2/c16-11-14-5-2-1-3-10(14)13-15(11)8-9-7-12-4-6-17-9/h9,12H,1-8H2. The average molecular weight is 238 g/mol. The normalized spacial score (nSPS) is 24.6. The second-order valence-corrected chi connectivity index (χ2v) is 4.69. The van der Waals surface area contributed by atoms with E-state index in [0.717, 1.165) is 44.7 Å². The van der Waals surface area contributed by atoms with Crippen LogP contribution in [0.2, 0.25) is 0 Å². The van der Waals surface area contributed by atoms with E-state index in [2.05, 4.69) is 10.4 Å². The fourth-order valence-electron chi connectivity index (χ4n) is 2.50. The molecule has 1 aromatic rings. The first kappa shape index (κ1) is 11.0. The highest BCUT2D eigenvalue weighted by molar-refractivity contribution is 4.91. The molecule has 1 aromatic heterocycles. The topological polar surface area (TPSA) is 61.1 Å². The molecular weight excluding hydrogens is 220 g/mol. The van der Waals surface area contributed by atoms with Crippen molar-refractivity contribution in [3.8, 4) is 0 Å². The highest BCUT2D eigenvalue weighted by Crippen LogP contribution is 2.09. The number of ether oxygens (including phenoxy) is 1. The SMILES string of the molecule is O=c1n(CC2CNCCO2)nc2n1CCCC2. The van der Waals surface area contributed by atoms with Gasteiger partial charge in [0.25, 0.3) is 0 Å². The summed E-state index contributed by atoms with van der Waals surface area (Å²) in [7, 11) is 0. The fourth-order valence-corrected chi connectivity index (χ4v) is 2.50. The van der Waals surface area contributed by atoms with Gasteiger partial charge in [0.15, 0.2) is 0 Å². The molecule has 0 radical (unpaired) electrons. The number of morpholine rings is 1. The van der Waals surface area contributed by atoms with Gasteiger partial charge < -0.3 is 10.1 Å². The smallest absolute Gasteiger partial charge is 0.346 e. The number of hydrogen-bond acceptors (Lipinski definition) is 4. The van der Waals surface area contributed by atoms with Crippen molar-refractivity contribution in [2.75, 3.05) is 19.7 Å². The molecule has 1 atom stereocenters. The summed E-state index contributed by atoms with van der Waals surface area (Å²) in [6, 6.07) is 0. The zero-order valence-corrected chi connectivity index (χ0v) is 9.89. The average Bonchev–Trinajstić information content (AvgIpc) is 2.68. The Kier molecular flexibility index (Phi) is 2.98. The van der Waals surface area contributed by atoms with E-state index in [1.807, 2.05) is 0 Å². The molecule has 0 saturated carbocycles. The lowest BCUT2D eigenvalue weighted by Crippen LogP contribution is -2.42. The van der Waals surface area contributed by atoms with Gasteiger partial charge in [0, 0.05) is 26.1 Å². The van der Waals surface area contributed by atoms with Crippen molar-refractivity contribution >= 4 is 0 Å². The lowest BCUT2D eigenvalue weighted by Gasteiger charge is -2.22. The highest BCUT2D eigenvalue weighted by atomic mass is 16.5. The van der Waals surface area contributed by atoms with Crippen LogP contribution in [-0.2, 0) is 24.2 Å². The van der Waals surface area contributed by atoms with Gasteiger partial charge in [0.05, 0.1) is 19.3 Å². The quantitative estimate of drug-likeness (QED) is 0.745. The number of aryl methyl sites for hydroxylation is 1. The summed E-state index contributed by atoms with van der Waals surface area (Å²) < 4.78 is 8.97. The first-order valence-corrected chi connectivity index (χ1v) is 6.33. The van der Waals surface area contributed by atoms with E-state index in [4.69, 9.17) is 4.74 Å². The van der Waals surface area contributed by atoms with E-state index in [1.54, 1.807) is 9.25 Å². The molecule has 6 nitrogen and oxygen atoms in total. The van der Waals surface area contributed by atoms with E-state index in [0.29, 0.717) is 13.2 Å². The molecule has 0 aliphatic carbocycles. The van der Waals surface area contributed by atoms with E-state index < -0.39 is 0 Å². The molecule has 17 heavy (non-hydrogen) atoms. The van der Waals surface area contributed by atoms with Gasteiger partial charge in [-0.05, 0) is 12.8 Å². The van der Waals surface area contributed by atoms with Crippen LogP contribution in [0.1, 0.15) is 18.7 Å². The van der Waals surface area contributed by atoms with Crippen LogP contribution in [0, 0.1) is 0 Å². The van der Waals surface area contributed by atoms with Gasteiger partial charge in [-0.1, -0.05) is 0 Å². The minimum Gasteiger partial charge on any atom is -0.374 e.